The Hall–Kier alpha value is -1.56. The summed E-state index contributed by atoms with van der Waals surface area (Å²) in [5, 5.41) is 0. The minimum atomic E-state index is 0. The highest BCUT2D eigenvalue weighted by Gasteiger charge is 1.99. The molecule has 0 unspecified atom stereocenters. The molecule has 0 radical (unpaired) electrons. The highest BCUT2D eigenvalue weighted by atomic mass is 14.0. The summed E-state index contributed by atoms with van der Waals surface area (Å²) in [5.41, 5.74) is 4.28. The third-order valence-corrected chi connectivity index (χ3v) is 3.28. The summed E-state index contributed by atoms with van der Waals surface area (Å²) < 4.78 is 0. The Morgan fingerprint density at radius 1 is 0.619 bits per heavy atom. The normalized spacial score (nSPS) is 9.29. The van der Waals surface area contributed by atoms with E-state index < -0.39 is 0 Å². The van der Waals surface area contributed by atoms with E-state index in [1.807, 2.05) is 6.07 Å². The SMILES string of the molecule is C.C.CC(C)c1ccccc1.Cc1ccccc1C(C)C. The van der Waals surface area contributed by atoms with Gasteiger partial charge in [-0.15, -0.1) is 0 Å². The number of benzene rings is 2. The fraction of sp³-hybridized carbons (Fsp3) is 0.429. The van der Waals surface area contributed by atoms with Crippen molar-refractivity contribution < 1.29 is 0 Å². The maximum atomic E-state index is 2.22. The first-order valence-corrected chi connectivity index (χ1v) is 7.12. The first-order chi connectivity index (χ1) is 9.02. The van der Waals surface area contributed by atoms with E-state index in [0.717, 1.165) is 0 Å². The Kier molecular flexibility index (Phi) is 11.5. The largest absolute Gasteiger partial charge is 0.0776 e. The Bertz CT molecular complexity index is 466. The summed E-state index contributed by atoms with van der Waals surface area (Å²) in [4.78, 5) is 0. The Balaban J connectivity index is 0. The van der Waals surface area contributed by atoms with Gasteiger partial charge in [0, 0.05) is 0 Å². The van der Waals surface area contributed by atoms with Crippen LogP contribution in [0.1, 0.15) is 71.1 Å². The van der Waals surface area contributed by atoms with Crippen LogP contribution in [0.3, 0.4) is 0 Å². The average molecular weight is 287 g/mol. The first-order valence-electron chi connectivity index (χ1n) is 7.12. The Morgan fingerprint density at radius 3 is 1.43 bits per heavy atom. The Morgan fingerprint density at radius 2 is 1.10 bits per heavy atom. The van der Waals surface area contributed by atoms with Crippen LogP contribution in [0, 0.1) is 6.92 Å². The van der Waals surface area contributed by atoms with E-state index in [4.69, 9.17) is 0 Å². The van der Waals surface area contributed by atoms with Gasteiger partial charge in [0.2, 0.25) is 0 Å². The third kappa shape index (κ3) is 7.70. The summed E-state index contributed by atoms with van der Waals surface area (Å²) in [6.07, 6.45) is 0. The van der Waals surface area contributed by atoms with Crippen LogP contribution in [0.15, 0.2) is 54.6 Å². The lowest BCUT2D eigenvalue weighted by atomic mass is 9.99. The second-order valence-electron chi connectivity index (χ2n) is 5.58. The van der Waals surface area contributed by atoms with Crippen LogP contribution >= 0.6 is 0 Å². The van der Waals surface area contributed by atoms with E-state index in [1.165, 1.54) is 16.7 Å². The molecule has 0 aliphatic heterocycles. The summed E-state index contributed by atoms with van der Waals surface area (Å²) in [6, 6.07) is 19.1. The number of aryl methyl sites for hydroxylation is 1. The molecule has 2 aromatic rings. The molecular formula is C21H34. The van der Waals surface area contributed by atoms with E-state index in [-0.39, 0.29) is 14.9 Å². The summed E-state index contributed by atoms with van der Waals surface area (Å²) >= 11 is 0. The van der Waals surface area contributed by atoms with Crippen LogP contribution in [0.2, 0.25) is 0 Å². The maximum Gasteiger partial charge on any atom is -0.0216 e. The van der Waals surface area contributed by atoms with Gasteiger partial charge in [-0.25, -0.2) is 0 Å². The molecule has 0 nitrogen and oxygen atoms in total. The zero-order chi connectivity index (χ0) is 14.3. The summed E-state index contributed by atoms with van der Waals surface area (Å²) in [7, 11) is 0. The van der Waals surface area contributed by atoms with Gasteiger partial charge in [0.1, 0.15) is 0 Å². The van der Waals surface area contributed by atoms with E-state index in [1.54, 1.807) is 0 Å². The molecule has 0 saturated heterocycles. The summed E-state index contributed by atoms with van der Waals surface area (Å²) in [6.45, 7) is 11.0. The minimum Gasteiger partial charge on any atom is -0.0776 e. The predicted octanol–water partition coefficient (Wildman–Crippen LogP) is 7.20. The molecule has 0 spiro atoms. The van der Waals surface area contributed by atoms with Crippen molar-refractivity contribution in [1.29, 1.82) is 0 Å². The number of hydrogen-bond acceptors (Lipinski definition) is 0. The van der Waals surface area contributed by atoms with E-state index in [2.05, 4.69) is 83.1 Å². The van der Waals surface area contributed by atoms with Crippen molar-refractivity contribution in [2.45, 2.75) is 61.3 Å². The lowest BCUT2D eigenvalue weighted by Gasteiger charge is -2.07. The van der Waals surface area contributed by atoms with Crippen molar-refractivity contribution in [3.8, 4) is 0 Å². The van der Waals surface area contributed by atoms with Gasteiger partial charge in [-0.05, 0) is 35.4 Å². The molecule has 0 atom stereocenters. The van der Waals surface area contributed by atoms with Crippen molar-refractivity contribution in [3.63, 3.8) is 0 Å². The van der Waals surface area contributed by atoms with Gasteiger partial charge in [-0.1, -0.05) is 97.1 Å². The van der Waals surface area contributed by atoms with Gasteiger partial charge in [0.15, 0.2) is 0 Å². The first kappa shape index (κ1) is 21.7. The monoisotopic (exact) mass is 286 g/mol. The van der Waals surface area contributed by atoms with Gasteiger partial charge in [0.05, 0.1) is 0 Å². The number of hydrogen-bond donors (Lipinski definition) is 0. The van der Waals surface area contributed by atoms with Crippen LogP contribution in [-0.2, 0) is 0 Å². The molecule has 0 N–H and O–H groups in total. The molecule has 0 heterocycles. The van der Waals surface area contributed by atoms with Crippen molar-refractivity contribution in [1.82, 2.24) is 0 Å². The third-order valence-electron chi connectivity index (χ3n) is 3.28. The van der Waals surface area contributed by atoms with E-state index >= 15 is 0 Å². The van der Waals surface area contributed by atoms with Crippen molar-refractivity contribution in [2.24, 2.45) is 0 Å². The van der Waals surface area contributed by atoms with Crippen LogP contribution in [0.4, 0.5) is 0 Å². The van der Waals surface area contributed by atoms with E-state index in [9.17, 15) is 0 Å². The van der Waals surface area contributed by atoms with Crippen molar-refractivity contribution in [3.05, 3.63) is 71.3 Å². The maximum absolute atomic E-state index is 2.22. The minimum absolute atomic E-state index is 0. The molecule has 0 saturated carbocycles. The molecular weight excluding hydrogens is 252 g/mol. The lowest BCUT2D eigenvalue weighted by Crippen LogP contribution is -1.89. The van der Waals surface area contributed by atoms with Gasteiger partial charge in [-0.3, -0.25) is 0 Å². The molecule has 2 aromatic carbocycles. The summed E-state index contributed by atoms with van der Waals surface area (Å²) in [5.74, 6) is 1.31. The molecule has 0 amide bonds. The molecule has 118 valence electrons. The van der Waals surface area contributed by atoms with Crippen LogP contribution in [0.5, 0.6) is 0 Å². The topological polar surface area (TPSA) is 0 Å². The van der Waals surface area contributed by atoms with Gasteiger partial charge < -0.3 is 0 Å². The molecule has 21 heavy (non-hydrogen) atoms. The quantitative estimate of drug-likeness (QED) is 0.547. The molecule has 2 rings (SSSR count). The predicted molar refractivity (Wildman–Crippen MR) is 99.3 cm³/mol. The van der Waals surface area contributed by atoms with Gasteiger partial charge in [0.25, 0.3) is 0 Å². The highest BCUT2D eigenvalue weighted by molar-refractivity contribution is 5.27. The highest BCUT2D eigenvalue weighted by Crippen LogP contribution is 2.17. The molecule has 0 heteroatoms. The molecule has 0 aromatic heterocycles. The Labute approximate surface area is 133 Å². The second kappa shape index (κ2) is 11.1. The second-order valence-corrected chi connectivity index (χ2v) is 5.58. The van der Waals surface area contributed by atoms with Crippen LogP contribution in [-0.4, -0.2) is 0 Å². The average Bonchev–Trinajstić information content (AvgIpc) is 2.40. The van der Waals surface area contributed by atoms with Crippen molar-refractivity contribution >= 4 is 0 Å². The van der Waals surface area contributed by atoms with Crippen molar-refractivity contribution in [2.75, 3.05) is 0 Å². The molecule has 0 aliphatic rings. The van der Waals surface area contributed by atoms with Crippen LogP contribution in [0.25, 0.3) is 0 Å². The van der Waals surface area contributed by atoms with Gasteiger partial charge in [-0.2, -0.15) is 0 Å². The standard InChI is InChI=1S/C10H14.C9H12.2CH4/c1-8(2)10-7-5-4-6-9(10)3;1-8(2)9-6-4-3-5-7-9;;/h4-8H,1-3H3;3-8H,1-2H3;2*1H4. The fourth-order valence-corrected chi connectivity index (χ4v) is 2.07. The lowest BCUT2D eigenvalue weighted by molar-refractivity contribution is 0.856. The zero-order valence-electron chi connectivity index (χ0n) is 12.9. The zero-order valence-corrected chi connectivity index (χ0v) is 12.9. The van der Waals surface area contributed by atoms with E-state index in [0.29, 0.717) is 11.8 Å². The molecule has 0 bridgehead atoms. The number of rotatable bonds is 2. The smallest absolute Gasteiger partial charge is 0.0216 e. The molecule has 0 aliphatic carbocycles. The van der Waals surface area contributed by atoms with Crippen LogP contribution < -0.4 is 0 Å². The van der Waals surface area contributed by atoms with Gasteiger partial charge >= 0.3 is 0 Å². The molecule has 0 fully saturated rings. The fourth-order valence-electron chi connectivity index (χ4n) is 2.07.